The molecule has 1 atom stereocenters. The number of esters is 1. The number of carboxylic acids is 1. The molecule has 2 rings (SSSR count). The van der Waals surface area contributed by atoms with Gasteiger partial charge in [-0.2, -0.15) is 0 Å². The lowest BCUT2D eigenvalue weighted by Gasteiger charge is -2.18. The number of carbonyl (C=O) groups is 5. The summed E-state index contributed by atoms with van der Waals surface area (Å²) in [6.07, 6.45) is -0.224. The van der Waals surface area contributed by atoms with Crippen molar-refractivity contribution >= 4 is 41.5 Å². The lowest BCUT2D eigenvalue weighted by molar-refractivity contribution is -0.144. The molecule has 1 aliphatic heterocycles. The Balaban J connectivity index is 0.00000196. The summed E-state index contributed by atoms with van der Waals surface area (Å²) in [5.74, 6) is -1.23. The highest BCUT2D eigenvalue weighted by atomic mass is 16.7. The Hall–Kier alpha value is -4.40. The second-order valence-electron chi connectivity index (χ2n) is 9.71. The summed E-state index contributed by atoms with van der Waals surface area (Å²) in [6, 6.07) is 5.48. The van der Waals surface area contributed by atoms with Crippen molar-refractivity contribution in [2.45, 2.75) is 39.7 Å². The van der Waals surface area contributed by atoms with E-state index >= 15 is 0 Å². The fourth-order valence-corrected chi connectivity index (χ4v) is 3.26. The summed E-state index contributed by atoms with van der Waals surface area (Å²) in [6.45, 7) is 6.88. The van der Waals surface area contributed by atoms with Crippen molar-refractivity contribution < 1.29 is 38.7 Å². The normalized spacial score (nSPS) is 14.7. The van der Waals surface area contributed by atoms with Crippen LogP contribution in [0.15, 0.2) is 29.4 Å². The van der Waals surface area contributed by atoms with Gasteiger partial charge in [0.15, 0.2) is 5.84 Å². The van der Waals surface area contributed by atoms with Crippen LogP contribution < -0.4 is 26.6 Å². The monoisotopic (exact) mass is 579 g/mol. The van der Waals surface area contributed by atoms with Crippen molar-refractivity contribution in [3.8, 4) is 0 Å². The molecule has 228 valence electrons. The molecule has 1 aromatic carbocycles. The zero-order chi connectivity index (χ0) is 30.9. The number of ether oxygens (including phenoxy) is 1. The number of carbonyl (C=O) groups excluding carboxylic acids is 4. The number of hydrogen-bond donors (Lipinski definition) is 5. The Kier molecular flexibility index (Phi) is 15.2. The predicted octanol–water partition coefficient (Wildman–Crippen LogP) is 0.679. The average molecular weight is 580 g/mol. The van der Waals surface area contributed by atoms with Gasteiger partial charge < -0.3 is 41.3 Å². The number of anilines is 1. The molecule has 1 aliphatic rings. The highest BCUT2D eigenvalue weighted by Crippen LogP contribution is 2.22. The molecular formula is C26H41N7O8. The maximum absolute atomic E-state index is 12.8. The van der Waals surface area contributed by atoms with Crippen LogP contribution in [0.5, 0.6) is 0 Å². The van der Waals surface area contributed by atoms with Gasteiger partial charge in [0.2, 0.25) is 5.91 Å². The number of rotatable bonds is 12. The number of aliphatic carboxylic acids is 1. The van der Waals surface area contributed by atoms with E-state index in [9.17, 15) is 19.2 Å². The third-order valence-electron chi connectivity index (χ3n) is 5.23. The first-order chi connectivity index (χ1) is 19.3. The average Bonchev–Trinajstić information content (AvgIpc) is 3.25. The lowest BCUT2D eigenvalue weighted by Crippen LogP contribution is -2.46. The van der Waals surface area contributed by atoms with E-state index in [4.69, 9.17) is 25.2 Å². The zero-order valence-corrected chi connectivity index (χ0v) is 24.1. The molecule has 0 bridgehead atoms. The first-order valence-electron chi connectivity index (χ1n) is 13.0. The van der Waals surface area contributed by atoms with Gasteiger partial charge in [0, 0.05) is 44.4 Å². The molecule has 41 heavy (non-hydrogen) atoms. The van der Waals surface area contributed by atoms with Crippen LogP contribution in [0.1, 0.15) is 39.2 Å². The number of hydrogen-bond acceptors (Lipinski definition) is 9. The van der Waals surface area contributed by atoms with Gasteiger partial charge >= 0.3 is 18.1 Å². The van der Waals surface area contributed by atoms with Crippen molar-refractivity contribution in [2.24, 2.45) is 16.8 Å². The molecule has 0 spiro atoms. The molecule has 1 saturated heterocycles. The minimum atomic E-state index is -0.833. The topological polar surface area (TPSA) is 205 Å². The molecule has 0 unspecified atom stereocenters. The van der Waals surface area contributed by atoms with Crippen molar-refractivity contribution in [1.29, 1.82) is 0 Å². The van der Waals surface area contributed by atoms with Crippen molar-refractivity contribution in [1.82, 2.24) is 20.9 Å². The molecule has 15 nitrogen and oxygen atoms in total. The van der Waals surface area contributed by atoms with Crippen LogP contribution in [-0.2, 0) is 24.0 Å². The van der Waals surface area contributed by atoms with Crippen molar-refractivity contribution in [3.05, 3.63) is 29.8 Å². The highest BCUT2D eigenvalue weighted by Gasteiger charge is 2.33. The number of nitrogens with one attached hydrogen (secondary N) is 3. The number of urea groups is 1. The molecule has 1 fully saturated rings. The molecule has 4 amide bonds. The van der Waals surface area contributed by atoms with E-state index in [1.807, 2.05) is 32.8 Å². The largest absolute Gasteiger partial charge is 0.481 e. The summed E-state index contributed by atoms with van der Waals surface area (Å²) in [5, 5.41) is 18.8. The first-order valence-corrected chi connectivity index (χ1v) is 13.0. The van der Waals surface area contributed by atoms with E-state index in [-0.39, 0.29) is 36.6 Å². The minimum Gasteiger partial charge on any atom is -0.481 e. The van der Waals surface area contributed by atoms with E-state index < -0.39 is 24.1 Å². The maximum atomic E-state index is 12.8. The zero-order valence-electron chi connectivity index (χ0n) is 24.1. The smallest absolute Gasteiger partial charge is 0.433 e. The SMILES string of the molecule is CC(=O)O.CC(C)COC(=O)CCNC(=O)N[C@H]1CCN(c2ccc(C(N)=NOC(=O)NCCN(C)C)cc2)C1=O. The fourth-order valence-electron chi connectivity index (χ4n) is 3.26. The molecule has 15 heteroatoms. The summed E-state index contributed by atoms with van der Waals surface area (Å²) in [4.78, 5) is 65.4. The third-order valence-corrected chi connectivity index (χ3v) is 5.23. The second-order valence-corrected chi connectivity index (χ2v) is 9.71. The summed E-state index contributed by atoms with van der Waals surface area (Å²) in [7, 11) is 3.77. The van der Waals surface area contributed by atoms with Gasteiger partial charge in [-0.1, -0.05) is 19.0 Å². The van der Waals surface area contributed by atoms with Crippen LogP contribution >= 0.6 is 0 Å². The molecule has 0 saturated carbocycles. The Labute approximate surface area is 239 Å². The van der Waals surface area contributed by atoms with Crippen LogP contribution in [0.25, 0.3) is 0 Å². The summed E-state index contributed by atoms with van der Waals surface area (Å²) < 4.78 is 5.05. The van der Waals surface area contributed by atoms with Crippen LogP contribution in [0.2, 0.25) is 0 Å². The number of likely N-dealkylation sites (N-methyl/N-ethyl adjacent to an activating group) is 1. The Morgan fingerprint density at radius 3 is 2.37 bits per heavy atom. The number of benzene rings is 1. The molecule has 1 heterocycles. The summed E-state index contributed by atoms with van der Waals surface area (Å²) in [5.41, 5.74) is 7.03. The highest BCUT2D eigenvalue weighted by molar-refractivity contribution is 6.02. The Bertz CT molecular complexity index is 1060. The Morgan fingerprint density at radius 2 is 1.78 bits per heavy atom. The fraction of sp³-hybridized carbons (Fsp3) is 0.538. The van der Waals surface area contributed by atoms with Crippen molar-refractivity contribution in [2.75, 3.05) is 51.8 Å². The van der Waals surface area contributed by atoms with E-state index in [0.29, 0.717) is 43.9 Å². The molecule has 1 aromatic rings. The van der Waals surface area contributed by atoms with E-state index in [1.165, 1.54) is 0 Å². The van der Waals surface area contributed by atoms with E-state index in [1.54, 1.807) is 29.2 Å². The van der Waals surface area contributed by atoms with Gasteiger partial charge in [0.05, 0.1) is 13.0 Å². The molecule has 0 aromatic heterocycles. The number of nitrogens with two attached hydrogens (primary N) is 1. The predicted molar refractivity (Wildman–Crippen MR) is 151 cm³/mol. The van der Waals surface area contributed by atoms with E-state index in [2.05, 4.69) is 21.1 Å². The van der Waals surface area contributed by atoms with Gasteiger partial charge in [-0.15, -0.1) is 0 Å². The molecule has 6 N–H and O–H groups in total. The lowest BCUT2D eigenvalue weighted by atomic mass is 10.2. The molecule has 0 radical (unpaired) electrons. The standard InChI is InChI=1S/C24H37N7O6.C2H4O2/c1-16(2)15-36-20(32)9-11-26-23(34)28-19-10-13-31(22(19)33)18-7-5-17(6-8-18)21(25)29-37-24(35)27-12-14-30(3)4;1-2(3)4/h5-8,16,19H,9-15H2,1-4H3,(H2,25,29)(H,27,35)(H2,26,28,34);1H3,(H,3,4)/t19-;/m0./s1. The number of amides is 4. The number of carboxylic acid groups (broad SMARTS) is 1. The van der Waals surface area contributed by atoms with Crippen LogP contribution in [0, 0.1) is 5.92 Å². The number of nitrogens with zero attached hydrogens (tertiary/aromatic N) is 3. The quantitative estimate of drug-likeness (QED) is 0.0769. The number of amidine groups is 1. The molecule has 0 aliphatic carbocycles. The van der Waals surface area contributed by atoms with Crippen molar-refractivity contribution in [3.63, 3.8) is 0 Å². The van der Waals surface area contributed by atoms with Gasteiger partial charge in [-0.25, -0.2) is 9.59 Å². The van der Waals surface area contributed by atoms with Gasteiger partial charge in [0.25, 0.3) is 5.97 Å². The van der Waals surface area contributed by atoms with Crippen LogP contribution in [-0.4, -0.2) is 98.7 Å². The first kappa shape index (κ1) is 34.6. The molecular weight excluding hydrogens is 538 g/mol. The maximum Gasteiger partial charge on any atom is 0.433 e. The van der Waals surface area contributed by atoms with E-state index in [0.717, 1.165) is 6.92 Å². The van der Waals surface area contributed by atoms with Gasteiger partial charge in [-0.05, 0) is 50.7 Å². The van der Waals surface area contributed by atoms with Crippen LogP contribution in [0.4, 0.5) is 15.3 Å². The Morgan fingerprint density at radius 1 is 1.15 bits per heavy atom. The summed E-state index contributed by atoms with van der Waals surface area (Å²) >= 11 is 0. The second kappa shape index (κ2) is 18.0. The van der Waals surface area contributed by atoms with Gasteiger partial charge in [-0.3, -0.25) is 19.2 Å². The van der Waals surface area contributed by atoms with Crippen LogP contribution in [0.3, 0.4) is 0 Å². The number of oxime groups is 1. The minimum absolute atomic E-state index is 0.00589. The van der Waals surface area contributed by atoms with Gasteiger partial charge in [0.1, 0.15) is 6.04 Å². The third kappa shape index (κ3) is 14.5.